The fourth-order valence-electron chi connectivity index (χ4n) is 2.32. The number of carboxylic acid groups (broad SMARTS) is 1. The highest BCUT2D eigenvalue weighted by Crippen LogP contribution is 2.19. The van der Waals surface area contributed by atoms with Crippen molar-refractivity contribution in [1.29, 1.82) is 0 Å². The third kappa shape index (κ3) is 4.35. The number of carbonyl (C=O) groups is 1. The smallest absolute Gasteiger partial charge is 0.335 e. The van der Waals surface area contributed by atoms with E-state index in [1.165, 1.54) is 5.56 Å². The average molecular weight is 283 g/mol. The molecule has 2 aromatic rings. The van der Waals surface area contributed by atoms with Crippen LogP contribution in [0.2, 0.25) is 0 Å². The Morgan fingerprint density at radius 2 is 1.67 bits per heavy atom. The van der Waals surface area contributed by atoms with Gasteiger partial charge < -0.3 is 10.0 Å². The molecule has 0 aliphatic rings. The van der Waals surface area contributed by atoms with Crippen molar-refractivity contribution in [3.05, 3.63) is 65.7 Å². The molecule has 0 aliphatic carbocycles. The third-order valence-corrected chi connectivity index (χ3v) is 3.28. The number of anilines is 1. The van der Waals surface area contributed by atoms with Crippen LogP contribution in [0, 0.1) is 5.92 Å². The minimum absolute atomic E-state index is 0.322. The first-order chi connectivity index (χ1) is 10.1. The van der Waals surface area contributed by atoms with E-state index >= 15 is 0 Å². The second kappa shape index (κ2) is 6.93. The topological polar surface area (TPSA) is 40.5 Å². The number of carboxylic acids is 1. The summed E-state index contributed by atoms with van der Waals surface area (Å²) in [4.78, 5) is 13.2. The second-order valence-corrected chi connectivity index (χ2v) is 5.61. The van der Waals surface area contributed by atoms with Crippen molar-refractivity contribution in [2.45, 2.75) is 20.4 Å². The maximum atomic E-state index is 10.9. The van der Waals surface area contributed by atoms with Crippen molar-refractivity contribution in [2.24, 2.45) is 5.92 Å². The molecular formula is C18H21NO2. The number of nitrogens with zero attached hydrogens (tertiary/aromatic N) is 1. The molecular weight excluding hydrogens is 262 g/mol. The third-order valence-electron chi connectivity index (χ3n) is 3.28. The molecule has 3 heteroatoms. The van der Waals surface area contributed by atoms with Gasteiger partial charge in [-0.05, 0) is 35.7 Å². The zero-order chi connectivity index (χ0) is 15.2. The maximum Gasteiger partial charge on any atom is 0.335 e. The zero-order valence-electron chi connectivity index (χ0n) is 12.5. The first-order valence-corrected chi connectivity index (χ1v) is 7.18. The van der Waals surface area contributed by atoms with Gasteiger partial charge in [-0.15, -0.1) is 0 Å². The predicted molar refractivity (Wildman–Crippen MR) is 85.7 cm³/mol. The fraction of sp³-hybridized carbons (Fsp3) is 0.278. The summed E-state index contributed by atoms with van der Waals surface area (Å²) in [6.07, 6.45) is 0. The lowest BCUT2D eigenvalue weighted by Gasteiger charge is -2.27. The normalized spacial score (nSPS) is 10.6. The molecule has 3 nitrogen and oxygen atoms in total. The van der Waals surface area contributed by atoms with E-state index < -0.39 is 5.97 Å². The Hall–Kier alpha value is -2.29. The Labute approximate surface area is 125 Å². The highest BCUT2D eigenvalue weighted by Gasteiger charge is 2.10. The van der Waals surface area contributed by atoms with Crippen molar-refractivity contribution in [1.82, 2.24) is 0 Å². The number of rotatable bonds is 6. The molecule has 0 aromatic heterocycles. The van der Waals surface area contributed by atoms with Crippen molar-refractivity contribution in [2.75, 3.05) is 11.4 Å². The molecule has 0 fully saturated rings. The van der Waals surface area contributed by atoms with Crippen LogP contribution < -0.4 is 4.90 Å². The van der Waals surface area contributed by atoms with Gasteiger partial charge in [0.25, 0.3) is 0 Å². The Morgan fingerprint density at radius 3 is 2.19 bits per heavy atom. The number of benzene rings is 2. The Kier molecular flexibility index (Phi) is 4.99. The molecule has 0 bridgehead atoms. The summed E-state index contributed by atoms with van der Waals surface area (Å²) in [5.41, 5.74) is 2.63. The van der Waals surface area contributed by atoms with Crippen LogP contribution in [0.15, 0.2) is 54.6 Å². The number of hydrogen-bond acceptors (Lipinski definition) is 2. The minimum atomic E-state index is -0.889. The van der Waals surface area contributed by atoms with E-state index in [1.54, 1.807) is 12.1 Å². The van der Waals surface area contributed by atoms with Gasteiger partial charge in [0.1, 0.15) is 0 Å². The van der Waals surface area contributed by atoms with Gasteiger partial charge in [0, 0.05) is 18.8 Å². The van der Waals surface area contributed by atoms with Gasteiger partial charge in [0.2, 0.25) is 0 Å². The molecule has 2 rings (SSSR count). The Balaban J connectivity index is 2.21. The first-order valence-electron chi connectivity index (χ1n) is 7.18. The van der Waals surface area contributed by atoms with Gasteiger partial charge in [-0.25, -0.2) is 4.79 Å². The summed E-state index contributed by atoms with van der Waals surface area (Å²) in [6.45, 7) is 6.12. The van der Waals surface area contributed by atoms with E-state index in [9.17, 15) is 4.79 Å². The maximum absolute atomic E-state index is 10.9. The van der Waals surface area contributed by atoms with Crippen LogP contribution in [0.4, 0.5) is 5.69 Å². The lowest BCUT2D eigenvalue weighted by molar-refractivity contribution is 0.0697. The number of hydrogen-bond donors (Lipinski definition) is 1. The van der Waals surface area contributed by atoms with Gasteiger partial charge in [-0.2, -0.15) is 0 Å². The van der Waals surface area contributed by atoms with Crippen LogP contribution in [0.25, 0.3) is 0 Å². The van der Waals surface area contributed by atoms with E-state index in [0.29, 0.717) is 11.5 Å². The standard InChI is InChI=1S/C18H21NO2/c1-14(2)12-19(13-15-6-4-3-5-7-15)17-10-8-16(9-11-17)18(20)21/h3-11,14H,12-13H2,1-2H3,(H,20,21). The van der Waals surface area contributed by atoms with Crippen LogP contribution in [0.3, 0.4) is 0 Å². The summed E-state index contributed by atoms with van der Waals surface area (Å²) in [7, 11) is 0. The average Bonchev–Trinajstić information content (AvgIpc) is 2.47. The second-order valence-electron chi connectivity index (χ2n) is 5.61. The minimum Gasteiger partial charge on any atom is -0.478 e. The molecule has 0 aliphatic heterocycles. The molecule has 0 heterocycles. The summed E-state index contributed by atoms with van der Waals surface area (Å²) in [6, 6.07) is 17.4. The fourth-order valence-corrected chi connectivity index (χ4v) is 2.32. The van der Waals surface area contributed by atoms with E-state index in [2.05, 4.69) is 30.9 Å². The van der Waals surface area contributed by atoms with Gasteiger partial charge in [0.05, 0.1) is 5.56 Å². The van der Waals surface area contributed by atoms with E-state index in [0.717, 1.165) is 18.8 Å². The monoisotopic (exact) mass is 283 g/mol. The van der Waals surface area contributed by atoms with E-state index in [-0.39, 0.29) is 0 Å². The molecule has 0 saturated heterocycles. The molecule has 0 spiro atoms. The molecule has 0 radical (unpaired) electrons. The highest BCUT2D eigenvalue weighted by molar-refractivity contribution is 5.88. The van der Waals surface area contributed by atoms with Gasteiger partial charge in [-0.1, -0.05) is 44.2 Å². The van der Waals surface area contributed by atoms with Crippen molar-refractivity contribution in [3.8, 4) is 0 Å². The molecule has 21 heavy (non-hydrogen) atoms. The molecule has 0 unspecified atom stereocenters. The van der Waals surface area contributed by atoms with E-state index in [4.69, 9.17) is 5.11 Å². The molecule has 0 saturated carbocycles. The predicted octanol–water partition coefficient (Wildman–Crippen LogP) is 4.05. The zero-order valence-corrected chi connectivity index (χ0v) is 12.5. The van der Waals surface area contributed by atoms with Crippen molar-refractivity contribution < 1.29 is 9.90 Å². The summed E-state index contributed by atoms with van der Waals surface area (Å²) in [5.74, 6) is -0.354. The SMILES string of the molecule is CC(C)CN(Cc1ccccc1)c1ccc(C(=O)O)cc1. The van der Waals surface area contributed by atoms with Crippen molar-refractivity contribution in [3.63, 3.8) is 0 Å². The largest absolute Gasteiger partial charge is 0.478 e. The summed E-state index contributed by atoms with van der Waals surface area (Å²) < 4.78 is 0. The van der Waals surface area contributed by atoms with Gasteiger partial charge >= 0.3 is 5.97 Å². The van der Waals surface area contributed by atoms with Gasteiger partial charge in [-0.3, -0.25) is 0 Å². The molecule has 0 amide bonds. The number of aromatic carboxylic acids is 1. The highest BCUT2D eigenvalue weighted by atomic mass is 16.4. The molecule has 0 atom stereocenters. The van der Waals surface area contributed by atoms with Crippen LogP contribution in [0.1, 0.15) is 29.8 Å². The lowest BCUT2D eigenvalue weighted by atomic mass is 10.1. The Morgan fingerprint density at radius 1 is 1.05 bits per heavy atom. The Bertz CT molecular complexity index is 576. The van der Waals surface area contributed by atoms with Crippen LogP contribution in [0.5, 0.6) is 0 Å². The lowest BCUT2D eigenvalue weighted by Crippen LogP contribution is -2.27. The molecule has 110 valence electrons. The van der Waals surface area contributed by atoms with Crippen molar-refractivity contribution >= 4 is 11.7 Å². The van der Waals surface area contributed by atoms with Crippen LogP contribution in [-0.2, 0) is 6.54 Å². The van der Waals surface area contributed by atoms with Gasteiger partial charge in [0.15, 0.2) is 0 Å². The van der Waals surface area contributed by atoms with Crippen LogP contribution >= 0.6 is 0 Å². The molecule has 1 N–H and O–H groups in total. The van der Waals surface area contributed by atoms with Crippen LogP contribution in [-0.4, -0.2) is 17.6 Å². The summed E-state index contributed by atoms with van der Waals surface area (Å²) in [5, 5.41) is 8.98. The van der Waals surface area contributed by atoms with E-state index in [1.807, 2.05) is 30.3 Å². The summed E-state index contributed by atoms with van der Waals surface area (Å²) >= 11 is 0. The first kappa shape index (κ1) is 15.1. The quantitative estimate of drug-likeness (QED) is 0.869. The molecule has 2 aromatic carbocycles.